The van der Waals surface area contributed by atoms with Gasteiger partial charge in [-0.2, -0.15) is 0 Å². The van der Waals surface area contributed by atoms with Crippen molar-refractivity contribution in [2.45, 2.75) is 57.2 Å². The summed E-state index contributed by atoms with van der Waals surface area (Å²) in [6.45, 7) is 2.18. The van der Waals surface area contributed by atoms with Crippen LogP contribution in [-0.4, -0.2) is 29.1 Å². The van der Waals surface area contributed by atoms with Crippen molar-refractivity contribution in [2.24, 2.45) is 5.73 Å². The predicted molar refractivity (Wildman–Crippen MR) is 79.1 cm³/mol. The van der Waals surface area contributed by atoms with E-state index in [1.165, 1.54) is 12.8 Å². The molecule has 3 N–H and O–H groups in total. The van der Waals surface area contributed by atoms with Crippen LogP contribution in [0.4, 0.5) is 0 Å². The van der Waals surface area contributed by atoms with Crippen LogP contribution in [0.3, 0.4) is 0 Å². The Bertz CT molecular complexity index is 399. The summed E-state index contributed by atoms with van der Waals surface area (Å²) in [7, 11) is 2.18. The summed E-state index contributed by atoms with van der Waals surface area (Å²) in [5.41, 5.74) is 7.03. The molecule has 1 saturated carbocycles. The number of rotatable bonds is 4. The summed E-state index contributed by atoms with van der Waals surface area (Å²) >= 11 is 0. The zero-order valence-electron chi connectivity index (χ0n) is 12.0. The Morgan fingerprint density at radius 2 is 1.89 bits per heavy atom. The minimum atomic E-state index is 0.292. The van der Waals surface area contributed by atoms with E-state index >= 15 is 0 Å². The third-order valence-electron chi connectivity index (χ3n) is 4.49. The quantitative estimate of drug-likeness (QED) is 0.877. The van der Waals surface area contributed by atoms with Crippen LogP contribution in [0.5, 0.6) is 5.75 Å². The first-order chi connectivity index (χ1) is 9.13. The van der Waals surface area contributed by atoms with Gasteiger partial charge < -0.3 is 10.8 Å². The fourth-order valence-corrected chi connectivity index (χ4v) is 3.26. The van der Waals surface area contributed by atoms with Gasteiger partial charge in [0.15, 0.2) is 0 Å². The minimum absolute atomic E-state index is 0.292. The van der Waals surface area contributed by atoms with Crippen LogP contribution in [0.15, 0.2) is 24.3 Å². The molecule has 3 nitrogen and oxygen atoms in total. The van der Waals surface area contributed by atoms with E-state index < -0.39 is 0 Å². The molecule has 0 heterocycles. The molecule has 0 bridgehead atoms. The lowest BCUT2D eigenvalue weighted by atomic mass is 9.89. The molecule has 1 aromatic carbocycles. The fraction of sp³-hybridized carbons (Fsp3) is 0.625. The van der Waals surface area contributed by atoms with Crippen molar-refractivity contribution in [2.75, 3.05) is 7.05 Å². The second-order valence-corrected chi connectivity index (χ2v) is 5.72. The fourth-order valence-electron chi connectivity index (χ4n) is 3.26. The van der Waals surface area contributed by atoms with E-state index in [1.807, 2.05) is 18.2 Å². The number of benzene rings is 1. The second kappa shape index (κ2) is 6.40. The zero-order valence-corrected chi connectivity index (χ0v) is 12.0. The van der Waals surface area contributed by atoms with Crippen LogP contribution in [0.2, 0.25) is 0 Å². The maximum atomic E-state index is 10.1. The van der Waals surface area contributed by atoms with Crippen LogP contribution in [-0.2, 0) is 0 Å². The van der Waals surface area contributed by atoms with Gasteiger partial charge in [-0.1, -0.05) is 25.1 Å². The summed E-state index contributed by atoms with van der Waals surface area (Å²) in [5, 5.41) is 10.1. The van der Waals surface area contributed by atoms with Gasteiger partial charge in [-0.15, -0.1) is 0 Å². The highest BCUT2D eigenvalue weighted by atomic mass is 16.3. The van der Waals surface area contributed by atoms with Crippen LogP contribution in [0.1, 0.15) is 50.6 Å². The number of nitrogens with zero attached hydrogens (tertiary/aromatic N) is 1. The van der Waals surface area contributed by atoms with Gasteiger partial charge in [0, 0.05) is 23.7 Å². The summed E-state index contributed by atoms with van der Waals surface area (Å²) in [5.74, 6) is 0.411. The molecule has 1 aliphatic rings. The van der Waals surface area contributed by atoms with Gasteiger partial charge in [0.2, 0.25) is 0 Å². The SMILES string of the molecule is CCC(c1ccccc1O)N(C)C1CCC(N)CC1. The second-order valence-electron chi connectivity index (χ2n) is 5.72. The standard InChI is InChI=1S/C16H26N2O/c1-3-15(14-6-4-5-7-16(14)19)18(2)13-10-8-12(17)9-11-13/h4-7,12-13,15,19H,3,8-11,17H2,1-2H3. The van der Waals surface area contributed by atoms with E-state index in [0.717, 1.165) is 24.8 Å². The molecule has 0 aromatic heterocycles. The highest BCUT2D eigenvalue weighted by Gasteiger charge is 2.27. The molecule has 0 aliphatic heterocycles. The Morgan fingerprint density at radius 3 is 2.47 bits per heavy atom. The van der Waals surface area contributed by atoms with Crippen molar-refractivity contribution in [1.29, 1.82) is 0 Å². The number of phenols is 1. The van der Waals surface area contributed by atoms with Crippen molar-refractivity contribution in [1.82, 2.24) is 4.90 Å². The molecule has 1 aliphatic carbocycles. The van der Waals surface area contributed by atoms with Crippen LogP contribution in [0, 0.1) is 0 Å². The van der Waals surface area contributed by atoms with Gasteiger partial charge in [-0.05, 0) is 45.2 Å². The molecule has 0 amide bonds. The van der Waals surface area contributed by atoms with Crippen molar-refractivity contribution in [3.05, 3.63) is 29.8 Å². The zero-order chi connectivity index (χ0) is 13.8. The van der Waals surface area contributed by atoms with Crippen LogP contribution < -0.4 is 5.73 Å². The molecule has 0 saturated heterocycles. The van der Waals surface area contributed by atoms with Gasteiger partial charge in [-0.3, -0.25) is 4.90 Å². The minimum Gasteiger partial charge on any atom is -0.508 e. The topological polar surface area (TPSA) is 49.5 Å². The summed E-state index contributed by atoms with van der Waals surface area (Å²) in [6.07, 6.45) is 5.58. The normalized spacial score (nSPS) is 25.5. The van der Waals surface area contributed by atoms with E-state index in [9.17, 15) is 5.11 Å². The number of phenolic OH excluding ortho intramolecular Hbond substituents is 1. The van der Waals surface area contributed by atoms with Crippen molar-refractivity contribution >= 4 is 0 Å². The maximum Gasteiger partial charge on any atom is 0.120 e. The Morgan fingerprint density at radius 1 is 1.26 bits per heavy atom. The molecule has 3 heteroatoms. The van der Waals surface area contributed by atoms with E-state index in [4.69, 9.17) is 5.73 Å². The van der Waals surface area contributed by atoms with Gasteiger partial charge in [0.1, 0.15) is 5.75 Å². The lowest BCUT2D eigenvalue weighted by Gasteiger charge is -2.38. The number of hydrogen-bond acceptors (Lipinski definition) is 3. The molecular weight excluding hydrogens is 236 g/mol. The first-order valence-electron chi connectivity index (χ1n) is 7.38. The maximum absolute atomic E-state index is 10.1. The number of hydrogen-bond donors (Lipinski definition) is 2. The van der Waals surface area contributed by atoms with E-state index in [2.05, 4.69) is 18.9 Å². The van der Waals surface area contributed by atoms with Gasteiger partial charge >= 0.3 is 0 Å². The summed E-state index contributed by atoms with van der Waals surface area (Å²) < 4.78 is 0. The molecule has 1 aromatic rings. The largest absolute Gasteiger partial charge is 0.508 e. The van der Waals surface area contributed by atoms with E-state index in [0.29, 0.717) is 23.9 Å². The molecule has 0 spiro atoms. The van der Waals surface area contributed by atoms with Crippen LogP contribution >= 0.6 is 0 Å². The Hall–Kier alpha value is -1.06. The molecule has 1 atom stereocenters. The number of para-hydroxylation sites is 1. The molecule has 2 rings (SSSR count). The van der Waals surface area contributed by atoms with Crippen LogP contribution in [0.25, 0.3) is 0 Å². The molecular formula is C16H26N2O. The monoisotopic (exact) mass is 262 g/mol. The first kappa shape index (κ1) is 14.4. The summed E-state index contributed by atoms with van der Waals surface area (Å²) in [4.78, 5) is 2.43. The average molecular weight is 262 g/mol. The predicted octanol–water partition coefficient (Wildman–Crippen LogP) is 3.05. The van der Waals surface area contributed by atoms with Crippen molar-refractivity contribution in [3.63, 3.8) is 0 Å². The van der Waals surface area contributed by atoms with Gasteiger partial charge in [0.25, 0.3) is 0 Å². The lowest BCUT2D eigenvalue weighted by Crippen LogP contribution is -2.40. The number of aromatic hydroxyl groups is 1. The van der Waals surface area contributed by atoms with Crippen molar-refractivity contribution < 1.29 is 5.11 Å². The molecule has 19 heavy (non-hydrogen) atoms. The van der Waals surface area contributed by atoms with Crippen molar-refractivity contribution in [3.8, 4) is 5.75 Å². The van der Waals surface area contributed by atoms with Gasteiger partial charge in [0.05, 0.1) is 0 Å². The van der Waals surface area contributed by atoms with E-state index in [-0.39, 0.29) is 0 Å². The average Bonchev–Trinajstić information content (AvgIpc) is 2.42. The Balaban J connectivity index is 2.11. The first-order valence-corrected chi connectivity index (χ1v) is 7.38. The lowest BCUT2D eigenvalue weighted by molar-refractivity contribution is 0.127. The molecule has 0 radical (unpaired) electrons. The smallest absolute Gasteiger partial charge is 0.120 e. The highest BCUT2D eigenvalue weighted by molar-refractivity contribution is 5.34. The molecule has 1 unspecified atom stereocenters. The van der Waals surface area contributed by atoms with Gasteiger partial charge in [-0.25, -0.2) is 0 Å². The third kappa shape index (κ3) is 3.28. The molecule has 106 valence electrons. The Kier molecular flexibility index (Phi) is 4.83. The summed E-state index contributed by atoms with van der Waals surface area (Å²) in [6, 6.07) is 8.96. The Labute approximate surface area is 116 Å². The highest BCUT2D eigenvalue weighted by Crippen LogP contribution is 2.34. The molecule has 1 fully saturated rings. The van der Waals surface area contributed by atoms with E-state index in [1.54, 1.807) is 6.07 Å². The third-order valence-corrected chi connectivity index (χ3v) is 4.49. The number of nitrogens with two attached hydrogens (primary N) is 1.